The van der Waals surface area contributed by atoms with Gasteiger partial charge in [0.1, 0.15) is 5.82 Å². The molecule has 0 spiro atoms. The highest BCUT2D eigenvalue weighted by atomic mass is 35.5. The number of aromatic nitrogens is 3. The van der Waals surface area contributed by atoms with Crippen molar-refractivity contribution in [2.45, 2.75) is 6.54 Å². The largest absolute Gasteiger partial charge is 0.354 e. The summed E-state index contributed by atoms with van der Waals surface area (Å²) in [4.78, 5) is 10.0. The smallest absolute Gasteiger partial charge is 0.165 e. The first-order chi connectivity index (χ1) is 17.2. The number of benzene rings is 3. The SMILES string of the molecule is Clc1ccc(-c2cnn3c(N4CCN(Cc5ccccc5)CC4)cc(-c4ccccc4)nc23)cc1. The van der Waals surface area contributed by atoms with Crippen LogP contribution in [0.5, 0.6) is 0 Å². The third kappa shape index (κ3) is 4.53. The van der Waals surface area contributed by atoms with E-state index in [0.717, 1.165) is 71.6 Å². The van der Waals surface area contributed by atoms with E-state index in [0.29, 0.717) is 0 Å². The summed E-state index contributed by atoms with van der Waals surface area (Å²) in [6.07, 6.45) is 1.91. The highest BCUT2D eigenvalue weighted by Crippen LogP contribution is 2.31. The van der Waals surface area contributed by atoms with Crippen molar-refractivity contribution >= 4 is 23.1 Å². The molecule has 0 unspecified atom stereocenters. The van der Waals surface area contributed by atoms with Gasteiger partial charge in [0.2, 0.25) is 0 Å². The summed E-state index contributed by atoms with van der Waals surface area (Å²) in [5.41, 5.74) is 6.33. The second-order valence-electron chi connectivity index (χ2n) is 8.91. The first-order valence-electron chi connectivity index (χ1n) is 12.0. The fourth-order valence-corrected chi connectivity index (χ4v) is 4.86. The van der Waals surface area contributed by atoms with Gasteiger partial charge in [0.15, 0.2) is 5.65 Å². The molecular formula is C29H26ClN5. The minimum atomic E-state index is 0.720. The van der Waals surface area contributed by atoms with Gasteiger partial charge in [0, 0.05) is 54.9 Å². The van der Waals surface area contributed by atoms with E-state index in [9.17, 15) is 0 Å². The minimum absolute atomic E-state index is 0.720. The van der Waals surface area contributed by atoms with Gasteiger partial charge in [-0.1, -0.05) is 84.4 Å². The molecule has 0 radical (unpaired) electrons. The van der Waals surface area contributed by atoms with E-state index in [1.165, 1.54) is 5.56 Å². The molecule has 1 aliphatic rings. The molecule has 5 nitrogen and oxygen atoms in total. The Morgan fingerprint density at radius 1 is 0.743 bits per heavy atom. The zero-order chi connectivity index (χ0) is 23.6. The number of fused-ring (bicyclic) bond motifs is 1. The Hall–Kier alpha value is -3.67. The van der Waals surface area contributed by atoms with Crippen LogP contribution in [0.3, 0.4) is 0 Å². The lowest BCUT2D eigenvalue weighted by Gasteiger charge is -2.36. The quantitative estimate of drug-likeness (QED) is 0.308. The van der Waals surface area contributed by atoms with Crippen molar-refractivity contribution in [2.24, 2.45) is 0 Å². The van der Waals surface area contributed by atoms with Crippen LogP contribution in [0.4, 0.5) is 5.82 Å². The van der Waals surface area contributed by atoms with Gasteiger partial charge in [0.25, 0.3) is 0 Å². The van der Waals surface area contributed by atoms with Gasteiger partial charge < -0.3 is 4.90 Å². The van der Waals surface area contributed by atoms with Crippen molar-refractivity contribution in [1.82, 2.24) is 19.5 Å². The summed E-state index contributed by atoms with van der Waals surface area (Å²) < 4.78 is 1.99. The average molecular weight is 480 g/mol. The first-order valence-corrected chi connectivity index (χ1v) is 12.3. The van der Waals surface area contributed by atoms with Crippen molar-refractivity contribution in [3.63, 3.8) is 0 Å². The third-order valence-electron chi connectivity index (χ3n) is 6.62. The molecule has 3 aromatic carbocycles. The number of anilines is 1. The molecule has 0 atom stereocenters. The monoisotopic (exact) mass is 479 g/mol. The van der Waals surface area contributed by atoms with Crippen molar-refractivity contribution in [1.29, 1.82) is 0 Å². The Kier molecular flexibility index (Phi) is 5.94. The van der Waals surface area contributed by atoms with Crippen LogP contribution < -0.4 is 4.90 Å². The fraction of sp³-hybridized carbons (Fsp3) is 0.172. The molecule has 2 aromatic heterocycles. The lowest BCUT2D eigenvalue weighted by molar-refractivity contribution is 0.249. The summed E-state index contributed by atoms with van der Waals surface area (Å²) in [7, 11) is 0. The van der Waals surface area contributed by atoms with Gasteiger partial charge >= 0.3 is 0 Å². The molecule has 0 bridgehead atoms. The van der Waals surface area contributed by atoms with E-state index in [1.54, 1.807) is 0 Å². The van der Waals surface area contributed by atoms with Crippen LogP contribution in [0.2, 0.25) is 5.02 Å². The topological polar surface area (TPSA) is 36.7 Å². The maximum Gasteiger partial charge on any atom is 0.165 e. The molecule has 3 heterocycles. The summed E-state index contributed by atoms with van der Waals surface area (Å²) >= 11 is 6.14. The van der Waals surface area contributed by atoms with Crippen LogP contribution in [0.25, 0.3) is 28.0 Å². The predicted octanol–water partition coefficient (Wildman–Crippen LogP) is 6.04. The van der Waals surface area contributed by atoms with Crippen molar-refractivity contribution in [3.05, 3.63) is 108 Å². The fourth-order valence-electron chi connectivity index (χ4n) is 4.74. The molecule has 174 valence electrons. The van der Waals surface area contributed by atoms with E-state index in [2.05, 4.69) is 70.5 Å². The Morgan fingerprint density at radius 2 is 1.43 bits per heavy atom. The molecular weight excluding hydrogens is 454 g/mol. The molecule has 35 heavy (non-hydrogen) atoms. The van der Waals surface area contributed by atoms with Crippen LogP contribution in [-0.2, 0) is 6.54 Å². The van der Waals surface area contributed by atoms with E-state index in [4.69, 9.17) is 21.7 Å². The highest BCUT2D eigenvalue weighted by molar-refractivity contribution is 6.30. The number of halogens is 1. The normalized spacial score (nSPS) is 14.5. The summed E-state index contributed by atoms with van der Waals surface area (Å²) in [6, 6.07) is 31.1. The lowest BCUT2D eigenvalue weighted by atomic mass is 10.1. The molecule has 0 aliphatic carbocycles. The van der Waals surface area contributed by atoms with Crippen molar-refractivity contribution < 1.29 is 0 Å². The summed E-state index contributed by atoms with van der Waals surface area (Å²) in [6.45, 7) is 4.88. The molecule has 1 aliphatic heterocycles. The maximum absolute atomic E-state index is 6.14. The van der Waals surface area contributed by atoms with Crippen molar-refractivity contribution in [2.75, 3.05) is 31.1 Å². The predicted molar refractivity (Wildman–Crippen MR) is 143 cm³/mol. The maximum atomic E-state index is 6.14. The highest BCUT2D eigenvalue weighted by Gasteiger charge is 2.22. The molecule has 1 saturated heterocycles. The zero-order valence-corrected chi connectivity index (χ0v) is 20.1. The van der Waals surface area contributed by atoms with E-state index in [1.807, 2.05) is 41.0 Å². The van der Waals surface area contributed by atoms with E-state index < -0.39 is 0 Å². The van der Waals surface area contributed by atoms with Crippen LogP contribution in [0, 0.1) is 0 Å². The molecule has 5 aromatic rings. The van der Waals surface area contributed by atoms with E-state index >= 15 is 0 Å². The second-order valence-corrected chi connectivity index (χ2v) is 9.35. The zero-order valence-electron chi connectivity index (χ0n) is 19.4. The molecule has 0 amide bonds. The molecule has 0 N–H and O–H groups in total. The first kappa shape index (κ1) is 21.8. The molecule has 6 rings (SSSR count). The van der Waals surface area contributed by atoms with Gasteiger partial charge in [0.05, 0.1) is 11.9 Å². The minimum Gasteiger partial charge on any atom is -0.354 e. The average Bonchev–Trinajstić information content (AvgIpc) is 3.34. The Morgan fingerprint density at radius 3 is 2.14 bits per heavy atom. The van der Waals surface area contributed by atoms with Crippen molar-refractivity contribution in [3.8, 4) is 22.4 Å². The summed E-state index contributed by atoms with van der Waals surface area (Å²) in [5.74, 6) is 1.08. The Balaban J connectivity index is 1.36. The number of hydrogen-bond donors (Lipinski definition) is 0. The standard InChI is InChI=1S/C29H26ClN5/c30-25-13-11-23(12-14-25)26-20-31-35-28(19-27(32-29(26)35)24-9-5-2-6-10-24)34-17-15-33(16-18-34)21-22-7-3-1-4-8-22/h1-14,19-20H,15-18,21H2. The van der Waals surface area contributed by atoms with Gasteiger partial charge in [-0.2, -0.15) is 9.61 Å². The number of hydrogen-bond acceptors (Lipinski definition) is 4. The van der Waals surface area contributed by atoms with E-state index in [-0.39, 0.29) is 0 Å². The third-order valence-corrected chi connectivity index (χ3v) is 6.88. The number of rotatable bonds is 5. The van der Waals surface area contributed by atoms with Gasteiger partial charge in [-0.05, 0) is 23.3 Å². The molecule has 0 saturated carbocycles. The van der Waals surface area contributed by atoms with Crippen LogP contribution in [0.15, 0.2) is 97.2 Å². The lowest BCUT2D eigenvalue weighted by Crippen LogP contribution is -2.46. The van der Waals surface area contributed by atoms with Crippen LogP contribution >= 0.6 is 11.6 Å². The number of nitrogens with zero attached hydrogens (tertiary/aromatic N) is 5. The van der Waals surface area contributed by atoms with Gasteiger partial charge in [-0.25, -0.2) is 4.98 Å². The second kappa shape index (κ2) is 9.53. The van der Waals surface area contributed by atoms with Gasteiger partial charge in [-0.15, -0.1) is 0 Å². The molecule has 1 fully saturated rings. The number of piperazine rings is 1. The van der Waals surface area contributed by atoms with Crippen LogP contribution in [-0.4, -0.2) is 45.7 Å². The van der Waals surface area contributed by atoms with Crippen LogP contribution in [0.1, 0.15) is 5.56 Å². The molecule has 6 heteroatoms. The Labute approximate surface area is 210 Å². The summed E-state index contributed by atoms with van der Waals surface area (Å²) in [5, 5.41) is 5.50. The van der Waals surface area contributed by atoms with Gasteiger partial charge in [-0.3, -0.25) is 4.90 Å². The Bertz CT molecular complexity index is 1420.